The quantitative estimate of drug-likeness (QED) is 0.477. The molecular formula is C24H30ClN3O2. The molecule has 1 amide bonds. The van der Waals surface area contributed by atoms with Gasteiger partial charge in [-0.15, -0.1) is 0 Å². The number of hydrogen-bond acceptors (Lipinski definition) is 3. The number of rotatable bonds is 9. The van der Waals surface area contributed by atoms with Crippen LogP contribution < -0.4 is 10.1 Å². The van der Waals surface area contributed by atoms with Gasteiger partial charge in [0.15, 0.2) is 0 Å². The molecule has 2 aromatic carbocycles. The van der Waals surface area contributed by atoms with Gasteiger partial charge in [-0.3, -0.25) is 4.79 Å². The predicted octanol–water partition coefficient (Wildman–Crippen LogP) is 5.69. The predicted molar refractivity (Wildman–Crippen MR) is 122 cm³/mol. The Hall–Kier alpha value is -2.53. The van der Waals surface area contributed by atoms with Crippen LogP contribution in [0.3, 0.4) is 0 Å². The molecule has 0 bridgehead atoms. The van der Waals surface area contributed by atoms with Crippen molar-refractivity contribution in [1.82, 2.24) is 14.9 Å². The van der Waals surface area contributed by atoms with Gasteiger partial charge in [0.1, 0.15) is 18.2 Å². The first kappa shape index (κ1) is 22.2. The number of halogens is 1. The molecule has 160 valence electrons. The first-order valence-electron chi connectivity index (χ1n) is 10.6. The molecule has 0 saturated heterocycles. The molecule has 0 radical (unpaired) electrons. The van der Waals surface area contributed by atoms with E-state index in [-0.39, 0.29) is 17.9 Å². The van der Waals surface area contributed by atoms with E-state index in [1.54, 1.807) is 0 Å². The van der Waals surface area contributed by atoms with Gasteiger partial charge < -0.3 is 14.6 Å². The molecular weight excluding hydrogens is 398 g/mol. The Balaban J connectivity index is 1.78. The van der Waals surface area contributed by atoms with Crippen molar-refractivity contribution in [2.75, 3.05) is 6.61 Å². The summed E-state index contributed by atoms with van der Waals surface area (Å²) in [5, 5.41) is 3.87. The number of fused-ring (bicyclic) bond motifs is 1. The van der Waals surface area contributed by atoms with Crippen LogP contribution in [0.4, 0.5) is 0 Å². The van der Waals surface area contributed by atoms with Crippen LogP contribution in [0.5, 0.6) is 5.75 Å². The second kappa shape index (κ2) is 9.98. The van der Waals surface area contributed by atoms with Crippen molar-refractivity contribution in [1.29, 1.82) is 0 Å². The molecule has 6 heteroatoms. The standard InChI is InChI=1S/C24H30ClN3O2/c1-5-18(6-2)24(29)26-17(4)23-27-21-9-7-8-10-22(21)28(23)13-14-30-19-11-12-20(25)16(3)15-19/h7-12,15,17-18H,5-6,13-14H2,1-4H3,(H,26,29). The molecule has 1 N–H and O–H groups in total. The highest BCUT2D eigenvalue weighted by molar-refractivity contribution is 6.31. The van der Waals surface area contributed by atoms with E-state index in [1.165, 1.54) is 0 Å². The fourth-order valence-electron chi connectivity index (χ4n) is 3.68. The van der Waals surface area contributed by atoms with E-state index in [0.29, 0.717) is 13.2 Å². The van der Waals surface area contributed by atoms with Gasteiger partial charge >= 0.3 is 0 Å². The van der Waals surface area contributed by atoms with Gasteiger partial charge in [-0.05, 0) is 62.6 Å². The van der Waals surface area contributed by atoms with Crippen LogP contribution in [0.1, 0.15) is 51.0 Å². The smallest absolute Gasteiger partial charge is 0.223 e. The summed E-state index contributed by atoms with van der Waals surface area (Å²) in [4.78, 5) is 17.4. The Morgan fingerprint density at radius 2 is 1.93 bits per heavy atom. The second-order valence-electron chi connectivity index (χ2n) is 7.61. The van der Waals surface area contributed by atoms with Crippen molar-refractivity contribution in [3.63, 3.8) is 0 Å². The maximum atomic E-state index is 12.6. The summed E-state index contributed by atoms with van der Waals surface area (Å²) in [6, 6.07) is 13.5. The topological polar surface area (TPSA) is 56.2 Å². The number of carbonyl (C=O) groups excluding carboxylic acids is 1. The number of aromatic nitrogens is 2. The lowest BCUT2D eigenvalue weighted by molar-refractivity contribution is -0.125. The molecule has 3 rings (SSSR count). The third-order valence-corrected chi connectivity index (χ3v) is 5.92. The number of ether oxygens (including phenoxy) is 1. The van der Waals surface area contributed by atoms with Crippen LogP contribution in [0.15, 0.2) is 42.5 Å². The summed E-state index contributed by atoms with van der Waals surface area (Å²) >= 11 is 6.10. The minimum absolute atomic E-state index is 0.0294. The van der Waals surface area contributed by atoms with Crippen molar-refractivity contribution in [2.24, 2.45) is 5.92 Å². The Morgan fingerprint density at radius 3 is 2.63 bits per heavy atom. The van der Waals surface area contributed by atoms with Gasteiger partial charge in [0.2, 0.25) is 5.91 Å². The van der Waals surface area contributed by atoms with Gasteiger partial charge in [-0.1, -0.05) is 37.6 Å². The maximum absolute atomic E-state index is 12.6. The number of amides is 1. The summed E-state index contributed by atoms with van der Waals surface area (Å²) in [6.07, 6.45) is 1.67. The van der Waals surface area contributed by atoms with Crippen molar-refractivity contribution >= 4 is 28.5 Å². The molecule has 0 spiro atoms. The molecule has 0 aliphatic carbocycles. The van der Waals surface area contributed by atoms with Crippen LogP contribution in [0, 0.1) is 12.8 Å². The fraction of sp³-hybridized carbons (Fsp3) is 0.417. The monoisotopic (exact) mass is 427 g/mol. The molecule has 0 saturated carbocycles. The molecule has 1 aromatic heterocycles. The summed E-state index contributed by atoms with van der Waals surface area (Å²) < 4.78 is 8.09. The Morgan fingerprint density at radius 1 is 1.20 bits per heavy atom. The molecule has 3 aromatic rings. The second-order valence-corrected chi connectivity index (χ2v) is 8.02. The average molecular weight is 428 g/mol. The first-order chi connectivity index (χ1) is 14.4. The third-order valence-electron chi connectivity index (χ3n) is 5.50. The fourth-order valence-corrected chi connectivity index (χ4v) is 3.79. The minimum atomic E-state index is -0.191. The van der Waals surface area contributed by atoms with Gasteiger partial charge in [0.05, 0.1) is 23.6 Å². The number of nitrogens with one attached hydrogen (secondary N) is 1. The number of aryl methyl sites for hydroxylation is 1. The number of carbonyl (C=O) groups is 1. The number of benzene rings is 2. The zero-order valence-electron chi connectivity index (χ0n) is 18.1. The van der Waals surface area contributed by atoms with Crippen molar-refractivity contribution < 1.29 is 9.53 Å². The number of imidazole rings is 1. The highest BCUT2D eigenvalue weighted by Gasteiger charge is 2.21. The van der Waals surface area contributed by atoms with Gasteiger partial charge in [-0.25, -0.2) is 4.98 Å². The molecule has 1 heterocycles. The molecule has 0 aliphatic heterocycles. The molecule has 5 nitrogen and oxygen atoms in total. The van der Waals surface area contributed by atoms with E-state index >= 15 is 0 Å². The van der Waals surface area contributed by atoms with Crippen LogP contribution in [0.2, 0.25) is 5.02 Å². The Kier molecular flexibility index (Phi) is 7.38. The van der Waals surface area contributed by atoms with Crippen molar-refractivity contribution in [3.05, 3.63) is 58.9 Å². The Bertz CT molecular complexity index is 1010. The van der Waals surface area contributed by atoms with E-state index < -0.39 is 0 Å². The largest absolute Gasteiger partial charge is 0.492 e. The summed E-state index contributed by atoms with van der Waals surface area (Å²) in [6.45, 7) is 9.15. The van der Waals surface area contributed by atoms with E-state index in [0.717, 1.165) is 46.0 Å². The lowest BCUT2D eigenvalue weighted by Gasteiger charge is -2.19. The number of nitrogens with zero attached hydrogens (tertiary/aromatic N) is 2. The van der Waals surface area contributed by atoms with Gasteiger partial charge in [0, 0.05) is 10.9 Å². The third kappa shape index (κ3) is 4.96. The summed E-state index contributed by atoms with van der Waals surface area (Å²) in [5.41, 5.74) is 2.94. The summed E-state index contributed by atoms with van der Waals surface area (Å²) in [7, 11) is 0. The van der Waals surface area contributed by atoms with E-state index in [1.807, 2.05) is 70.2 Å². The van der Waals surface area contributed by atoms with Gasteiger partial charge in [0.25, 0.3) is 0 Å². The SMILES string of the molecule is CCC(CC)C(=O)NC(C)c1nc2ccccc2n1CCOc1ccc(Cl)c(C)c1. The van der Waals surface area contributed by atoms with Crippen LogP contribution in [-0.2, 0) is 11.3 Å². The summed E-state index contributed by atoms with van der Waals surface area (Å²) in [5.74, 6) is 1.74. The highest BCUT2D eigenvalue weighted by atomic mass is 35.5. The van der Waals surface area contributed by atoms with Gasteiger partial charge in [-0.2, -0.15) is 0 Å². The minimum Gasteiger partial charge on any atom is -0.492 e. The first-order valence-corrected chi connectivity index (χ1v) is 11.0. The molecule has 0 fully saturated rings. The zero-order valence-corrected chi connectivity index (χ0v) is 18.9. The lowest BCUT2D eigenvalue weighted by atomic mass is 10.0. The molecule has 0 aliphatic rings. The van der Waals surface area contributed by atoms with E-state index in [2.05, 4.69) is 9.88 Å². The van der Waals surface area contributed by atoms with E-state index in [9.17, 15) is 4.79 Å². The normalized spacial score (nSPS) is 12.3. The number of para-hydroxylation sites is 2. The molecule has 1 unspecified atom stereocenters. The van der Waals surface area contributed by atoms with Crippen LogP contribution >= 0.6 is 11.6 Å². The lowest BCUT2D eigenvalue weighted by Crippen LogP contribution is -2.33. The van der Waals surface area contributed by atoms with Crippen LogP contribution in [-0.4, -0.2) is 22.1 Å². The van der Waals surface area contributed by atoms with Crippen molar-refractivity contribution in [3.8, 4) is 5.75 Å². The average Bonchev–Trinajstić information content (AvgIpc) is 3.10. The number of hydrogen-bond donors (Lipinski definition) is 1. The Labute approximate surface area is 183 Å². The maximum Gasteiger partial charge on any atom is 0.223 e. The molecule has 1 atom stereocenters. The van der Waals surface area contributed by atoms with Crippen LogP contribution in [0.25, 0.3) is 11.0 Å². The zero-order chi connectivity index (χ0) is 21.7. The molecule has 30 heavy (non-hydrogen) atoms. The van der Waals surface area contributed by atoms with Crippen molar-refractivity contribution in [2.45, 2.75) is 53.1 Å². The van der Waals surface area contributed by atoms with E-state index in [4.69, 9.17) is 21.3 Å². The highest BCUT2D eigenvalue weighted by Crippen LogP contribution is 2.23.